The monoisotopic (exact) mass is 237 g/mol. The maximum absolute atomic E-state index is 11.3. The summed E-state index contributed by atoms with van der Waals surface area (Å²) in [5.41, 5.74) is 0.706. The molecule has 0 saturated carbocycles. The number of carbonyl (C=O) groups excluding carboxylic acids is 1. The van der Waals surface area contributed by atoms with Crippen molar-refractivity contribution in [2.45, 2.75) is 19.8 Å². The summed E-state index contributed by atoms with van der Waals surface area (Å²) >= 11 is 0. The highest BCUT2D eigenvalue weighted by Gasteiger charge is 2.05. The molecule has 94 valence electrons. The number of methoxy groups -OCH3 is 1. The fraction of sp³-hybridized carbons (Fsp3) is 0.462. The molecule has 1 aromatic rings. The van der Waals surface area contributed by atoms with Crippen LogP contribution in [0.15, 0.2) is 34.5 Å². The first kappa shape index (κ1) is 13.5. The Labute approximate surface area is 102 Å². The Morgan fingerprint density at radius 2 is 2.41 bits per heavy atom. The molecule has 0 atom stereocenters. The molecular formula is C13H19NO3. The minimum absolute atomic E-state index is 0.250. The van der Waals surface area contributed by atoms with Crippen molar-refractivity contribution >= 4 is 5.97 Å². The van der Waals surface area contributed by atoms with Gasteiger partial charge in [-0.2, -0.15) is 0 Å². The molecule has 1 rings (SSSR count). The van der Waals surface area contributed by atoms with Crippen LogP contribution in [0.25, 0.3) is 0 Å². The van der Waals surface area contributed by atoms with Crippen LogP contribution in [0, 0.1) is 0 Å². The summed E-state index contributed by atoms with van der Waals surface area (Å²) in [4.78, 5) is 11.3. The molecule has 4 nitrogen and oxygen atoms in total. The highest BCUT2D eigenvalue weighted by Crippen LogP contribution is 2.02. The zero-order chi connectivity index (χ0) is 12.5. The summed E-state index contributed by atoms with van der Waals surface area (Å²) in [5, 5.41) is 3.22. The van der Waals surface area contributed by atoms with Gasteiger partial charge >= 0.3 is 5.97 Å². The summed E-state index contributed by atoms with van der Waals surface area (Å²) in [7, 11) is 1.40. The number of esters is 1. The van der Waals surface area contributed by atoms with Crippen LogP contribution in [0.2, 0.25) is 0 Å². The Kier molecular flexibility index (Phi) is 6.10. The predicted octanol–water partition coefficient (Wildman–Crippen LogP) is 1.92. The lowest BCUT2D eigenvalue weighted by Gasteiger charge is -2.03. The smallest absolute Gasteiger partial charge is 0.333 e. The van der Waals surface area contributed by atoms with E-state index in [1.807, 2.05) is 25.1 Å². The summed E-state index contributed by atoms with van der Waals surface area (Å²) < 4.78 is 9.88. The molecule has 0 aliphatic rings. The lowest BCUT2D eigenvalue weighted by atomic mass is 10.2. The Morgan fingerprint density at radius 1 is 1.59 bits per heavy atom. The van der Waals surface area contributed by atoms with Crippen molar-refractivity contribution in [3.05, 3.63) is 35.8 Å². The van der Waals surface area contributed by atoms with Crippen LogP contribution in [0.3, 0.4) is 0 Å². The molecule has 1 N–H and O–H groups in total. The molecule has 0 aliphatic heterocycles. The van der Waals surface area contributed by atoms with E-state index < -0.39 is 0 Å². The fourth-order valence-electron chi connectivity index (χ4n) is 1.47. The SMILES string of the molecule is CC/C(=C/CNCCc1ccco1)C(=O)OC. The average Bonchev–Trinajstić information content (AvgIpc) is 2.86. The van der Waals surface area contributed by atoms with Crippen molar-refractivity contribution in [2.24, 2.45) is 0 Å². The largest absolute Gasteiger partial charge is 0.469 e. The molecular weight excluding hydrogens is 218 g/mol. The number of nitrogens with one attached hydrogen (secondary N) is 1. The molecule has 0 aromatic carbocycles. The van der Waals surface area contributed by atoms with Crippen molar-refractivity contribution < 1.29 is 13.9 Å². The van der Waals surface area contributed by atoms with Gasteiger partial charge in [-0.3, -0.25) is 0 Å². The second-order valence-corrected chi connectivity index (χ2v) is 3.61. The van der Waals surface area contributed by atoms with E-state index in [4.69, 9.17) is 4.42 Å². The van der Waals surface area contributed by atoms with Gasteiger partial charge in [0.1, 0.15) is 5.76 Å². The maximum atomic E-state index is 11.3. The molecule has 0 saturated heterocycles. The Bertz CT molecular complexity index is 355. The second-order valence-electron chi connectivity index (χ2n) is 3.61. The van der Waals surface area contributed by atoms with Crippen molar-refractivity contribution in [1.29, 1.82) is 0 Å². The first-order chi connectivity index (χ1) is 8.27. The quantitative estimate of drug-likeness (QED) is 0.447. The molecule has 17 heavy (non-hydrogen) atoms. The first-order valence-corrected chi connectivity index (χ1v) is 5.78. The maximum Gasteiger partial charge on any atom is 0.333 e. The third-order valence-electron chi connectivity index (χ3n) is 2.45. The van der Waals surface area contributed by atoms with E-state index in [9.17, 15) is 4.79 Å². The van der Waals surface area contributed by atoms with Crippen LogP contribution in [-0.2, 0) is 16.0 Å². The Morgan fingerprint density at radius 3 is 3.00 bits per heavy atom. The van der Waals surface area contributed by atoms with Gasteiger partial charge in [-0.1, -0.05) is 13.0 Å². The number of rotatable bonds is 7. The van der Waals surface area contributed by atoms with Crippen molar-refractivity contribution in [3.63, 3.8) is 0 Å². The van der Waals surface area contributed by atoms with Gasteiger partial charge in [0.2, 0.25) is 0 Å². The van der Waals surface area contributed by atoms with E-state index in [1.165, 1.54) is 7.11 Å². The minimum atomic E-state index is -0.250. The summed E-state index contributed by atoms with van der Waals surface area (Å²) in [6.07, 6.45) is 5.07. The van der Waals surface area contributed by atoms with E-state index in [1.54, 1.807) is 6.26 Å². The predicted molar refractivity (Wildman–Crippen MR) is 65.7 cm³/mol. The van der Waals surface area contributed by atoms with Crippen LogP contribution in [-0.4, -0.2) is 26.2 Å². The van der Waals surface area contributed by atoms with Gasteiger partial charge in [-0.25, -0.2) is 4.79 Å². The lowest BCUT2D eigenvalue weighted by molar-refractivity contribution is -0.136. The summed E-state index contributed by atoms with van der Waals surface area (Å²) in [6, 6.07) is 3.82. The Hall–Kier alpha value is -1.55. The van der Waals surface area contributed by atoms with Crippen molar-refractivity contribution in [3.8, 4) is 0 Å². The van der Waals surface area contributed by atoms with Crippen molar-refractivity contribution in [1.82, 2.24) is 5.32 Å². The molecule has 1 heterocycles. The number of hydrogen-bond donors (Lipinski definition) is 1. The van der Waals surface area contributed by atoms with Crippen molar-refractivity contribution in [2.75, 3.05) is 20.2 Å². The summed E-state index contributed by atoms with van der Waals surface area (Å²) in [6.45, 7) is 3.42. The normalized spacial score (nSPS) is 11.5. The van der Waals surface area contributed by atoms with Crippen LogP contribution in [0.1, 0.15) is 19.1 Å². The van der Waals surface area contributed by atoms with Gasteiger partial charge in [0, 0.05) is 25.1 Å². The number of ether oxygens (including phenoxy) is 1. The zero-order valence-corrected chi connectivity index (χ0v) is 10.4. The molecule has 1 aromatic heterocycles. The molecule has 4 heteroatoms. The van der Waals surface area contributed by atoms with E-state index in [0.717, 1.165) is 18.7 Å². The fourth-order valence-corrected chi connectivity index (χ4v) is 1.47. The number of furan rings is 1. The van der Waals surface area contributed by atoms with E-state index >= 15 is 0 Å². The van der Waals surface area contributed by atoms with E-state index in [2.05, 4.69) is 10.1 Å². The van der Waals surface area contributed by atoms with Gasteiger partial charge in [-0.15, -0.1) is 0 Å². The molecule has 0 fully saturated rings. The molecule has 0 radical (unpaired) electrons. The highest BCUT2D eigenvalue weighted by atomic mass is 16.5. The lowest BCUT2D eigenvalue weighted by Crippen LogP contribution is -2.18. The van der Waals surface area contributed by atoms with Gasteiger partial charge in [0.25, 0.3) is 0 Å². The number of hydrogen-bond acceptors (Lipinski definition) is 4. The molecule has 0 spiro atoms. The van der Waals surface area contributed by atoms with Crippen LogP contribution >= 0.6 is 0 Å². The highest BCUT2D eigenvalue weighted by molar-refractivity contribution is 5.88. The van der Waals surface area contributed by atoms with E-state index in [-0.39, 0.29) is 5.97 Å². The van der Waals surface area contributed by atoms with Gasteiger partial charge in [0.05, 0.1) is 13.4 Å². The van der Waals surface area contributed by atoms with Crippen LogP contribution in [0.5, 0.6) is 0 Å². The molecule has 0 bridgehead atoms. The number of carbonyl (C=O) groups is 1. The van der Waals surface area contributed by atoms with Crippen LogP contribution < -0.4 is 5.32 Å². The van der Waals surface area contributed by atoms with Gasteiger partial charge < -0.3 is 14.5 Å². The standard InChI is InChI=1S/C13H19NO3/c1-3-11(13(15)16-2)6-8-14-9-7-12-5-4-10-17-12/h4-6,10,14H,3,7-9H2,1-2H3/b11-6-. The van der Waals surface area contributed by atoms with E-state index in [0.29, 0.717) is 18.5 Å². The Balaban J connectivity index is 2.21. The molecule has 0 aliphatic carbocycles. The minimum Gasteiger partial charge on any atom is -0.469 e. The van der Waals surface area contributed by atoms with Gasteiger partial charge in [0.15, 0.2) is 0 Å². The third kappa shape index (κ3) is 4.87. The topological polar surface area (TPSA) is 51.5 Å². The average molecular weight is 237 g/mol. The summed E-state index contributed by atoms with van der Waals surface area (Å²) in [5.74, 6) is 0.713. The van der Waals surface area contributed by atoms with Crippen LogP contribution in [0.4, 0.5) is 0 Å². The molecule has 0 unspecified atom stereocenters. The van der Waals surface area contributed by atoms with Gasteiger partial charge in [-0.05, 0) is 18.6 Å². The molecule has 0 amide bonds. The zero-order valence-electron chi connectivity index (χ0n) is 10.4. The first-order valence-electron chi connectivity index (χ1n) is 5.78. The second kappa shape index (κ2) is 7.68. The third-order valence-corrected chi connectivity index (χ3v) is 2.45.